The van der Waals surface area contributed by atoms with Crippen LogP contribution in [0.3, 0.4) is 0 Å². The van der Waals surface area contributed by atoms with Gasteiger partial charge in [0, 0.05) is 35.7 Å². The number of benzene rings is 2. The van der Waals surface area contributed by atoms with Crippen molar-refractivity contribution in [3.8, 4) is 0 Å². The second kappa shape index (κ2) is 11.6. The van der Waals surface area contributed by atoms with Crippen LogP contribution in [0.5, 0.6) is 0 Å². The quantitative estimate of drug-likeness (QED) is 0.269. The molecule has 39 heavy (non-hydrogen) atoms. The molecule has 1 fully saturated rings. The van der Waals surface area contributed by atoms with Crippen molar-refractivity contribution in [2.45, 2.75) is 51.4 Å². The number of rotatable bonds is 10. The Bertz CT molecular complexity index is 1570. The maximum Gasteiger partial charge on any atom is 0.253 e. The van der Waals surface area contributed by atoms with Crippen molar-refractivity contribution in [1.82, 2.24) is 30.1 Å². The van der Waals surface area contributed by atoms with E-state index in [1.165, 1.54) is 10.4 Å². The fourth-order valence-corrected chi connectivity index (χ4v) is 6.11. The molecule has 1 saturated heterocycles. The van der Waals surface area contributed by atoms with Crippen molar-refractivity contribution in [3.63, 3.8) is 0 Å². The molecule has 2 atom stereocenters. The summed E-state index contributed by atoms with van der Waals surface area (Å²) in [6.07, 6.45) is 3.06. The summed E-state index contributed by atoms with van der Waals surface area (Å²) in [6.45, 7) is 4.75. The summed E-state index contributed by atoms with van der Waals surface area (Å²) in [5.74, 6) is 0.643. The Kier molecular flexibility index (Phi) is 7.62. The van der Waals surface area contributed by atoms with Crippen LogP contribution in [0.1, 0.15) is 53.2 Å². The van der Waals surface area contributed by atoms with Crippen LogP contribution in [0.25, 0.3) is 10.9 Å². The summed E-state index contributed by atoms with van der Waals surface area (Å²) in [5.41, 5.74) is 3.64. The molecule has 3 aromatic heterocycles. The van der Waals surface area contributed by atoms with Crippen LogP contribution < -0.4 is 5.56 Å². The van der Waals surface area contributed by atoms with E-state index in [2.05, 4.69) is 74.1 Å². The second-order valence-electron chi connectivity index (χ2n) is 10.1. The van der Waals surface area contributed by atoms with Crippen LogP contribution in [-0.4, -0.2) is 49.3 Å². The van der Waals surface area contributed by atoms with Crippen molar-refractivity contribution in [2.24, 2.45) is 0 Å². The number of fused-ring (bicyclic) bond motifs is 1. The lowest BCUT2D eigenvalue weighted by Crippen LogP contribution is -2.39. The van der Waals surface area contributed by atoms with E-state index >= 15 is 0 Å². The molecule has 4 heterocycles. The molecule has 0 spiro atoms. The van der Waals surface area contributed by atoms with Crippen LogP contribution in [0.15, 0.2) is 76.9 Å². The predicted octanol–water partition coefficient (Wildman–Crippen LogP) is 4.96. The standard InChI is InChI=1S/C30H32N6O2S/c1-2-21-12-13-27-23(16-21)17-26(30(37)31-27)28(29-32-33-34-36(29)18-22-8-4-3-5-9-22)35(19-24-10-6-14-38-24)20-25-11-7-15-39-25/h3-5,7-9,11-13,15-17,24,28H,2,6,10,14,18-20H2,1H3,(H,31,37). The minimum Gasteiger partial charge on any atom is -0.377 e. The Morgan fingerprint density at radius 2 is 2.03 bits per heavy atom. The van der Waals surface area contributed by atoms with Gasteiger partial charge in [-0.05, 0) is 75.8 Å². The highest BCUT2D eigenvalue weighted by atomic mass is 32.1. The monoisotopic (exact) mass is 540 g/mol. The van der Waals surface area contributed by atoms with E-state index in [9.17, 15) is 4.79 Å². The fourth-order valence-electron chi connectivity index (χ4n) is 5.39. The molecule has 0 amide bonds. The lowest BCUT2D eigenvalue weighted by Gasteiger charge is -2.32. The Morgan fingerprint density at radius 3 is 2.79 bits per heavy atom. The average Bonchev–Trinajstić information content (AvgIpc) is 3.74. The van der Waals surface area contributed by atoms with Crippen molar-refractivity contribution < 1.29 is 4.74 Å². The van der Waals surface area contributed by atoms with Crippen LogP contribution in [0.4, 0.5) is 0 Å². The summed E-state index contributed by atoms with van der Waals surface area (Å²) in [7, 11) is 0. The molecule has 1 aliphatic rings. The third kappa shape index (κ3) is 5.71. The van der Waals surface area contributed by atoms with Crippen molar-refractivity contribution >= 4 is 22.2 Å². The minimum atomic E-state index is -0.464. The van der Waals surface area contributed by atoms with Crippen molar-refractivity contribution in [2.75, 3.05) is 13.2 Å². The molecule has 5 aromatic rings. The van der Waals surface area contributed by atoms with Gasteiger partial charge in [-0.1, -0.05) is 49.4 Å². The zero-order valence-electron chi connectivity index (χ0n) is 22.0. The highest BCUT2D eigenvalue weighted by Crippen LogP contribution is 2.31. The number of nitrogens with one attached hydrogen (secondary N) is 1. The number of tetrazole rings is 1. The number of hydrogen-bond acceptors (Lipinski definition) is 7. The Labute approximate surface area is 231 Å². The van der Waals surface area contributed by atoms with Crippen LogP contribution in [0.2, 0.25) is 0 Å². The molecular weight excluding hydrogens is 508 g/mol. The van der Waals surface area contributed by atoms with Gasteiger partial charge >= 0.3 is 0 Å². The lowest BCUT2D eigenvalue weighted by molar-refractivity contribution is 0.0578. The van der Waals surface area contributed by atoms with E-state index in [-0.39, 0.29) is 11.7 Å². The second-order valence-corrected chi connectivity index (χ2v) is 11.1. The number of aromatic nitrogens is 5. The van der Waals surface area contributed by atoms with E-state index in [0.29, 0.717) is 31.0 Å². The minimum absolute atomic E-state index is 0.0946. The van der Waals surface area contributed by atoms with Gasteiger partial charge in [0.2, 0.25) is 0 Å². The van der Waals surface area contributed by atoms with Gasteiger partial charge in [0.05, 0.1) is 12.6 Å². The van der Waals surface area contributed by atoms with Gasteiger partial charge in [-0.3, -0.25) is 9.69 Å². The summed E-state index contributed by atoms with van der Waals surface area (Å²) in [4.78, 5) is 20.4. The molecule has 2 unspecified atom stereocenters. The van der Waals surface area contributed by atoms with Crippen molar-refractivity contribution in [1.29, 1.82) is 0 Å². The number of pyridine rings is 1. The van der Waals surface area contributed by atoms with Crippen molar-refractivity contribution in [3.05, 3.63) is 110 Å². The van der Waals surface area contributed by atoms with Gasteiger partial charge in [-0.25, -0.2) is 4.68 Å². The maximum absolute atomic E-state index is 13.7. The first kappa shape index (κ1) is 25.6. The van der Waals surface area contributed by atoms with Crippen LogP contribution >= 0.6 is 11.3 Å². The molecule has 8 nitrogen and oxygen atoms in total. The molecule has 2 aromatic carbocycles. The van der Waals surface area contributed by atoms with Gasteiger partial charge in [0.1, 0.15) is 6.04 Å². The molecule has 0 aliphatic carbocycles. The zero-order valence-corrected chi connectivity index (χ0v) is 22.8. The van der Waals surface area contributed by atoms with E-state index < -0.39 is 6.04 Å². The number of hydrogen-bond donors (Lipinski definition) is 1. The molecule has 200 valence electrons. The van der Waals surface area contributed by atoms with Crippen LogP contribution in [0, 0.1) is 0 Å². The topological polar surface area (TPSA) is 88.9 Å². The first-order chi connectivity index (χ1) is 19.2. The SMILES string of the molecule is CCc1ccc2[nH]c(=O)c(C(c3nnnn3Cc3ccccc3)N(Cc3cccs3)CC3CCCO3)cc2c1. The zero-order chi connectivity index (χ0) is 26.6. The van der Waals surface area contributed by atoms with E-state index in [4.69, 9.17) is 4.74 Å². The number of H-pyrrole nitrogens is 1. The number of aryl methyl sites for hydroxylation is 1. The Hall–Kier alpha value is -3.66. The van der Waals surface area contributed by atoms with E-state index in [0.717, 1.165) is 42.3 Å². The molecule has 0 radical (unpaired) electrons. The number of ether oxygens (including phenoxy) is 1. The maximum atomic E-state index is 13.7. The van der Waals surface area contributed by atoms with E-state index in [1.54, 1.807) is 11.3 Å². The van der Waals surface area contributed by atoms with Gasteiger partial charge in [0.15, 0.2) is 5.82 Å². The third-order valence-electron chi connectivity index (χ3n) is 7.39. The first-order valence-electron chi connectivity index (χ1n) is 13.5. The number of aromatic amines is 1. The van der Waals surface area contributed by atoms with Gasteiger partial charge in [-0.2, -0.15) is 0 Å². The van der Waals surface area contributed by atoms with Gasteiger partial charge < -0.3 is 9.72 Å². The Balaban J connectivity index is 1.50. The third-order valence-corrected chi connectivity index (χ3v) is 8.25. The summed E-state index contributed by atoms with van der Waals surface area (Å²) < 4.78 is 7.90. The summed E-state index contributed by atoms with van der Waals surface area (Å²) in [5, 5.41) is 16.1. The van der Waals surface area contributed by atoms with Crippen LogP contribution in [-0.2, 0) is 24.2 Å². The highest BCUT2D eigenvalue weighted by Gasteiger charge is 2.33. The molecule has 6 rings (SSSR count). The fraction of sp³-hybridized carbons (Fsp3) is 0.333. The predicted molar refractivity (Wildman–Crippen MR) is 153 cm³/mol. The van der Waals surface area contributed by atoms with Gasteiger partial charge in [-0.15, -0.1) is 16.4 Å². The van der Waals surface area contributed by atoms with E-state index in [1.807, 2.05) is 35.0 Å². The van der Waals surface area contributed by atoms with Gasteiger partial charge in [0.25, 0.3) is 5.56 Å². The molecule has 9 heteroatoms. The smallest absolute Gasteiger partial charge is 0.253 e. The molecular formula is C30H32N6O2S. The lowest BCUT2D eigenvalue weighted by atomic mass is 10.0. The first-order valence-corrected chi connectivity index (χ1v) is 14.4. The largest absolute Gasteiger partial charge is 0.377 e. The molecule has 1 aliphatic heterocycles. The molecule has 1 N–H and O–H groups in total. The molecule has 0 saturated carbocycles. The summed E-state index contributed by atoms with van der Waals surface area (Å²) in [6, 6.07) is 22.1. The number of thiophene rings is 1. The molecule has 0 bridgehead atoms. The normalized spacial score (nSPS) is 16.3. The average molecular weight is 541 g/mol. The Morgan fingerprint density at radius 1 is 1.13 bits per heavy atom. The number of nitrogens with zero attached hydrogens (tertiary/aromatic N) is 5. The summed E-state index contributed by atoms with van der Waals surface area (Å²) >= 11 is 1.71. The highest BCUT2D eigenvalue weighted by molar-refractivity contribution is 7.09.